The number of nitro groups is 1. The Morgan fingerprint density at radius 3 is 2.74 bits per heavy atom. The van der Waals surface area contributed by atoms with Crippen molar-refractivity contribution in [2.24, 2.45) is 11.0 Å². The van der Waals surface area contributed by atoms with Gasteiger partial charge >= 0.3 is 0 Å². The Labute approximate surface area is 159 Å². The smallest absolute Gasteiger partial charge is 0.270 e. The van der Waals surface area contributed by atoms with E-state index in [1.807, 2.05) is 0 Å². The Morgan fingerprint density at radius 2 is 2.04 bits per heavy atom. The van der Waals surface area contributed by atoms with Crippen molar-refractivity contribution < 1.29 is 14.5 Å². The molecule has 1 fully saturated rings. The van der Waals surface area contributed by atoms with E-state index in [0.29, 0.717) is 16.3 Å². The second kappa shape index (κ2) is 7.96. The molecule has 27 heavy (non-hydrogen) atoms. The second-order valence-electron chi connectivity index (χ2n) is 5.97. The lowest BCUT2D eigenvalue weighted by atomic mass is 10.1. The van der Waals surface area contributed by atoms with Gasteiger partial charge in [-0.2, -0.15) is 5.10 Å². The zero-order valence-corrected chi connectivity index (χ0v) is 14.8. The monoisotopic (exact) mass is 386 g/mol. The first-order valence-electron chi connectivity index (χ1n) is 8.07. The molecule has 2 aromatic carbocycles. The van der Waals surface area contributed by atoms with Crippen LogP contribution in [0.5, 0.6) is 0 Å². The van der Waals surface area contributed by atoms with Crippen LogP contribution in [-0.4, -0.2) is 29.5 Å². The average molecular weight is 387 g/mol. The Bertz CT molecular complexity index is 914. The molecular formula is C18H15ClN4O4. The van der Waals surface area contributed by atoms with Gasteiger partial charge in [-0.1, -0.05) is 23.7 Å². The number of non-ortho nitro benzene ring substituents is 1. The maximum Gasteiger partial charge on any atom is 0.270 e. The number of benzene rings is 2. The quantitative estimate of drug-likeness (QED) is 0.484. The van der Waals surface area contributed by atoms with Crippen molar-refractivity contribution >= 4 is 41.0 Å². The number of amides is 2. The molecule has 1 atom stereocenters. The molecule has 1 N–H and O–H groups in total. The minimum Gasteiger partial charge on any atom is -0.312 e. The molecule has 0 saturated carbocycles. The molecule has 0 radical (unpaired) electrons. The first-order valence-corrected chi connectivity index (χ1v) is 8.45. The summed E-state index contributed by atoms with van der Waals surface area (Å²) in [6.07, 6.45) is 1.40. The Kier molecular flexibility index (Phi) is 5.46. The topological polar surface area (TPSA) is 105 Å². The lowest BCUT2D eigenvalue weighted by molar-refractivity contribution is -0.384. The van der Waals surface area contributed by atoms with Gasteiger partial charge in [0.05, 0.1) is 17.1 Å². The number of nitro benzene ring substituents is 1. The van der Waals surface area contributed by atoms with Crippen molar-refractivity contribution in [1.82, 2.24) is 5.43 Å². The number of hydrogen-bond acceptors (Lipinski definition) is 5. The molecule has 0 aliphatic carbocycles. The molecule has 0 spiro atoms. The summed E-state index contributed by atoms with van der Waals surface area (Å²) in [5.74, 6) is -1.07. The maximum atomic E-state index is 12.3. The van der Waals surface area contributed by atoms with Crippen molar-refractivity contribution in [3.8, 4) is 0 Å². The fourth-order valence-electron chi connectivity index (χ4n) is 2.73. The first-order chi connectivity index (χ1) is 12.9. The number of hydrogen-bond donors (Lipinski definition) is 1. The predicted molar refractivity (Wildman–Crippen MR) is 101 cm³/mol. The summed E-state index contributed by atoms with van der Waals surface area (Å²) < 4.78 is 0. The van der Waals surface area contributed by atoms with Crippen LogP contribution in [-0.2, 0) is 9.59 Å². The molecule has 0 unspecified atom stereocenters. The van der Waals surface area contributed by atoms with Gasteiger partial charge in [0.1, 0.15) is 0 Å². The van der Waals surface area contributed by atoms with E-state index in [1.165, 1.54) is 29.3 Å². The number of hydrazone groups is 1. The van der Waals surface area contributed by atoms with Gasteiger partial charge in [-0.3, -0.25) is 19.7 Å². The van der Waals surface area contributed by atoms with E-state index in [2.05, 4.69) is 10.5 Å². The van der Waals surface area contributed by atoms with Gasteiger partial charge in [-0.05, 0) is 24.3 Å². The van der Waals surface area contributed by atoms with E-state index >= 15 is 0 Å². The Hall–Kier alpha value is -3.26. The normalized spacial score (nSPS) is 16.7. The van der Waals surface area contributed by atoms with Gasteiger partial charge in [0.25, 0.3) is 5.69 Å². The van der Waals surface area contributed by atoms with Gasteiger partial charge in [0, 0.05) is 41.4 Å². The van der Waals surface area contributed by atoms with Gasteiger partial charge < -0.3 is 4.90 Å². The Morgan fingerprint density at radius 1 is 1.30 bits per heavy atom. The highest BCUT2D eigenvalue weighted by Crippen LogP contribution is 2.26. The van der Waals surface area contributed by atoms with Crippen LogP contribution < -0.4 is 10.3 Å². The van der Waals surface area contributed by atoms with Crippen LogP contribution in [0.15, 0.2) is 53.6 Å². The van der Waals surface area contributed by atoms with Crippen LogP contribution in [0.1, 0.15) is 12.0 Å². The summed E-state index contributed by atoms with van der Waals surface area (Å²) >= 11 is 5.85. The average Bonchev–Trinajstić information content (AvgIpc) is 3.04. The molecular weight excluding hydrogens is 372 g/mol. The summed E-state index contributed by atoms with van der Waals surface area (Å²) in [5, 5.41) is 15.1. The molecule has 138 valence electrons. The van der Waals surface area contributed by atoms with Crippen molar-refractivity contribution in [3.05, 3.63) is 69.2 Å². The van der Waals surface area contributed by atoms with Crippen molar-refractivity contribution in [3.63, 3.8) is 0 Å². The zero-order chi connectivity index (χ0) is 19.4. The summed E-state index contributed by atoms with van der Waals surface area (Å²) in [6, 6.07) is 12.7. The van der Waals surface area contributed by atoms with Crippen LogP contribution >= 0.6 is 11.6 Å². The van der Waals surface area contributed by atoms with E-state index in [0.717, 1.165) is 0 Å². The third-order valence-corrected chi connectivity index (χ3v) is 4.36. The maximum absolute atomic E-state index is 12.3. The molecule has 2 aromatic rings. The number of nitrogens with zero attached hydrogens (tertiary/aromatic N) is 3. The Balaban J connectivity index is 1.60. The molecule has 9 heteroatoms. The SMILES string of the molecule is O=C(N/N=C\c1cccc([N+](=O)[O-])c1)[C@@H]1CC(=O)N(c2ccc(Cl)cc2)C1. The molecule has 1 saturated heterocycles. The van der Waals surface area contributed by atoms with E-state index in [-0.39, 0.29) is 30.5 Å². The highest BCUT2D eigenvalue weighted by molar-refractivity contribution is 6.30. The van der Waals surface area contributed by atoms with Gasteiger partial charge in [0.2, 0.25) is 11.8 Å². The van der Waals surface area contributed by atoms with E-state index in [9.17, 15) is 19.7 Å². The molecule has 2 amide bonds. The van der Waals surface area contributed by atoms with Crippen LogP contribution in [0.3, 0.4) is 0 Å². The van der Waals surface area contributed by atoms with Gasteiger partial charge in [-0.25, -0.2) is 5.43 Å². The summed E-state index contributed by atoms with van der Waals surface area (Å²) in [4.78, 5) is 36.2. The van der Waals surface area contributed by atoms with E-state index in [4.69, 9.17) is 11.6 Å². The molecule has 1 heterocycles. The van der Waals surface area contributed by atoms with E-state index in [1.54, 1.807) is 30.3 Å². The first kappa shape index (κ1) is 18.5. The molecule has 0 bridgehead atoms. The zero-order valence-electron chi connectivity index (χ0n) is 14.0. The highest BCUT2D eigenvalue weighted by atomic mass is 35.5. The fourth-order valence-corrected chi connectivity index (χ4v) is 2.86. The van der Waals surface area contributed by atoms with E-state index < -0.39 is 10.8 Å². The van der Waals surface area contributed by atoms with Crippen molar-refractivity contribution in [1.29, 1.82) is 0 Å². The van der Waals surface area contributed by atoms with Gasteiger partial charge in [-0.15, -0.1) is 0 Å². The lowest BCUT2D eigenvalue weighted by Gasteiger charge is -2.16. The molecule has 1 aliphatic rings. The largest absolute Gasteiger partial charge is 0.312 e. The highest BCUT2D eigenvalue weighted by Gasteiger charge is 2.35. The van der Waals surface area contributed by atoms with Crippen LogP contribution in [0.2, 0.25) is 5.02 Å². The third kappa shape index (κ3) is 4.48. The molecule has 1 aliphatic heterocycles. The standard InChI is InChI=1S/C18H15ClN4O4/c19-14-4-6-15(7-5-14)22-11-13(9-17(22)24)18(25)21-20-10-12-2-1-3-16(8-12)23(26)27/h1-8,10,13H,9,11H2,(H,21,25)/b20-10-/t13-/m1/s1. The molecule has 0 aromatic heterocycles. The van der Waals surface area contributed by atoms with Gasteiger partial charge in [0.15, 0.2) is 0 Å². The third-order valence-electron chi connectivity index (χ3n) is 4.10. The number of anilines is 1. The summed E-state index contributed by atoms with van der Waals surface area (Å²) in [7, 11) is 0. The number of carbonyl (C=O) groups excluding carboxylic acids is 2. The van der Waals surface area contributed by atoms with Crippen molar-refractivity contribution in [2.75, 3.05) is 11.4 Å². The number of nitrogens with one attached hydrogen (secondary N) is 1. The second-order valence-corrected chi connectivity index (χ2v) is 6.40. The van der Waals surface area contributed by atoms with Crippen molar-refractivity contribution in [2.45, 2.75) is 6.42 Å². The number of carbonyl (C=O) groups is 2. The summed E-state index contributed by atoms with van der Waals surface area (Å²) in [6.45, 7) is 0.249. The molecule has 3 rings (SSSR count). The minimum absolute atomic E-state index is 0.0646. The van der Waals surface area contributed by atoms with Crippen LogP contribution in [0.4, 0.5) is 11.4 Å². The van der Waals surface area contributed by atoms with Crippen LogP contribution in [0.25, 0.3) is 0 Å². The van der Waals surface area contributed by atoms with Crippen LogP contribution in [0, 0.1) is 16.0 Å². The fraction of sp³-hybridized carbons (Fsp3) is 0.167. The molecule has 8 nitrogen and oxygen atoms in total. The number of halogens is 1. The lowest BCUT2D eigenvalue weighted by Crippen LogP contribution is -2.30. The predicted octanol–water partition coefficient (Wildman–Crippen LogP) is 2.75. The number of rotatable bonds is 5. The summed E-state index contributed by atoms with van der Waals surface area (Å²) in [5.41, 5.74) is 3.48. The minimum atomic E-state index is -0.532.